The third-order valence-electron chi connectivity index (χ3n) is 3.86. The Morgan fingerprint density at radius 2 is 2.24 bits per heavy atom. The maximum Gasteiger partial charge on any atom is 0.227 e. The predicted molar refractivity (Wildman–Crippen MR) is 72.2 cm³/mol. The standard InChI is InChI=1S/C14H21NOS/c1-11-6-3-4-8-13(11)15(2)14(16)10-12-7-5-9-17-12/h5,7,9,11,13H,3-4,6,8,10H2,1-2H3. The van der Waals surface area contributed by atoms with Gasteiger partial charge in [-0.25, -0.2) is 0 Å². The van der Waals surface area contributed by atoms with E-state index in [1.165, 1.54) is 30.6 Å². The monoisotopic (exact) mass is 251 g/mol. The van der Waals surface area contributed by atoms with E-state index in [1.807, 2.05) is 29.5 Å². The van der Waals surface area contributed by atoms with Crippen molar-refractivity contribution < 1.29 is 4.79 Å². The SMILES string of the molecule is CC1CCCCC1N(C)C(=O)Cc1cccs1. The maximum atomic E-state index is 12.2. The van der Waals surface area contributed by atoms with Crippen LogP contribution in [0.25, 0.3) is 0 Å². The molecule has 1 aliphatic carbocycles. The summed E-state index contributed by atoms with van der Waals surface area (Å²) in [5.74, 6) is 0.923. The molecule has 2 atom stereocenters. The van der Waals surface area contributed by atoms with E-state index in [0.717, 1.165) is 0 Å². The fraction of sp³-hybridized carbons (Fsp3) is 0.643. The van der Waals surface area contributed by atoms with Crippen LogP contribution in [0.1, 0.15) is 37.5 Å². The summed E-state index contributed by atoms with van der Waals surface area (Å²) in [5, 5.41) is 2.03. The van der Waals surface area contributed by atoms with E-state index < -0.39 is 0 Å². The Morgan fingerprint density at radius 1 is 1.47 bits per heavy atom. The minimum Gasteiger partial charge on any atom is -0.342 e. The van der Waals surface area contributed by atoms with Crippen LogP contribution >= 0.6 is 11.3 Å². The molecule has 3 heteroatoms. The first kappa shape index (κ1) is 12.6. The molecule has 2 nitrogen and oxygen atoms in total. The third-order valence-corrected chi connectivity index (χ3v) is 4.74. The van der Waals surface area contributed by atoms with E-state index in [0.29, 0.717) is 18.4 Å². The van der Waals surface area contributed by atoms with Gasteiger partial charge < -0.3 is 4.90 Å². The van der Waals surface area contributed by atoms with Gasteiger partial charge in [0, 0.05) is 18.0 Å². The topological polar surface area (TPSA) is 20.3 Å². The molecule has 0 saturated heterocycles. The van der Waals surface area contributed by atoms with Crippen LogP contribution < -0.4 is 0 Å². The first-order valence-electron chi connectivity index (χ1n) is 6.46. The summed E-state index contributed by atoms with van der Waals surface area (Å²) in [4.78, 5) is 15.3. The number of carbonyl (C=O) groups excluding carboxylic acids is 1. The van der Waals surface area contributed by atoms with Gasteiger partial charge in [-0.2, -0.15) is 0 Å². The summed E-state index contributed by atoms with van der Waals surface area (Å²) in [6, 6.07) is 4.51. The van der Waals surface area contributed by atoms with Crippen LogP contribution in [-0.2, 0) is 11.2 Å². The highest BCUT2D eigenvalue weighted by Gasteiger charge is 2.27. The highest BCUT2D eigenvalue weighted by molar-refractivity contribution is 7.10. The second-order valence-electron chi connectivity index (χ2n) is 5.09. The van der Waals surface area contributed by atoms with Crippen molar-refractivity contribution in [3.63, 3.8) is 0 Å². The summed E-state index contributed by atoms with van der Waals surface area (Å²) >= 11 is 1.67. The molecule has 17 heavy (non-hydrogen) atoms. The van der Waals surface area contributed by atoms with Gasteiger partial charge in [-0.15, -0.1) is 11.3 Å². The number of likely N-dealkylation sites (N-methyl/N-ethyl adjacent to an activating group) is 1. The van der Waals surface area contributed by atoms with E-state index in [2.05, 4.69) is 6.92 Å². The van der Waals surface area contributed by atoms with Gasteiger partial charge in [0.1, 0.15) is 0 Å². The molecule has 0 spiro atoms. The average molecular weight is 251 g/mol. The van der Waals surface area contributed by atoms with Crippen molar-refractivity contribution in [3.8, 4) is 0 Å². The van der Waals surface area contributed by atoms with Crippen molar-refractivity contribution in [1.82, 2.24) is 4.90 Å². The molecule has 94 valence electrons. The van der Waals surface area contributed by atoms with E-state index in [-0.39, 0.29) is 5.91 Å². The zero-order chi connectivity index (χ0) is 12.3. The number of hydrogen-bond donors (Lipinski definition) is 0. The average Bonchev–Trinajstić information content (AvgIpc) is 2.81. The Hall–Kier alpha value is -0.830. The number of thiophene rings is 1. The summed E-state index contributed by atoms with van der Waals surface area (Å²) in [7, 11) is 1.97. The van der Waals surface area contributed by atoms with Crippen LogP contribution in [0, 0.1) is 5.92 Å². The molecule has 1 aromatic heterocycles. The lowest BCUT2D eigenvalue weighted by molar-refractivity contribution is -0.132. The molecule has 1 saturated carbocycles. The summed E-state index contributed by atoms with van der Waals surface area (Å²) in [5.41, 5.74) is 0. The first-order chi connectivity index (χ1) is 8.18. The van der Waals surface area contributed by atoms with E-state index in [4.69, 9.17) is 0 Å². The van der Waals surface area contributed by atoms with Crippen molar-refractivity contribution in [2.24, 2.45) is 5.92 Å². The molecular weight excluding hydrogens is 230 g/mol. The smallest absolute Gasteiger partial charge is 0.227 e. The Labute approximate surface area is 108 Å². The van der Waals surface area contributed by atoms with Crippen molar-refractivity contribution >= 4 is 17.2 Å². The number of amides is 1. The van der Waals surface area contributed by atoms with Crippen LogP contribution in [0.15, 0.2) is 17.5 Å². The quantitative estimate of drug-likeness (QED) is 0.807. The molecule has 2 rings (SSSR count). The molecule has 0 aliphatic heterocycles. The van der Waals surface area contributed by atoms with Crippen LogP contribution in [0.4, 0.5) is 0 Å². The predicted octanol–water partition coefficient (Wildman–Crippen LogP) is 3.33. The Morgan fingerprint density at radius 3 is 2.88 bits per heavy atom. The van der Waals surface area contributed by atoms with Gasteiger partial charge in [-0.3, -0.25) is 4.79 Å². The molecule has 1 aliphatic rings. The number of nitrogens with zero attached hydrogens (tertiary/aromatic N) is 1. The molecule has 1 aromatic rings. The minimum absolute atomic E-state index is 0.270. The van der Waals surface area contributed by atoms with E-state index in [9.17, 15) is 4.79 Å². The van der Waals surface area contributed by atoms with Crippen LogP contribution in [0.3, 0.4) is 0 Å². The van der Waals surface area contributed by atoms with Crippen molar-refractivity contribution in [1.29, 1.82) is 0 Å². The molecule has 1 fully saturated rings. The van der Waals surface area contributed by atoms with Crippen LogP contribution in [-0.4, -0.2) is 23.9 Å². The van der Waals surface area contributed by atoms with Crippen LogP contribution in [0.2, 0.25) is 0 Å². The molecule has 0 N–H and O–H groups in total. The Bertz CT molecular complexity index is 360. The van der Waals surface area contributed by atoms with Gasteiger partial charge >= 0.3 is 0 Å². The second kappa shape index (κ2) is 5.67. The summed E-state index contributed by atoms with van der Waals surface area (Å²) in [6.45, 7) is 2.28. The third kappa shape index (κ3) is 3.09. The minimum atomic E-state index is 0.270. The van der Waals surface area contributed by atoms with E-state index in [1.54, 1.807) is 11.3 Å². The summed E-state index contributed by atoms with van der Waals surface area (Å²) < 4.78 is 0. The lowest BCUT2D eigenvalue weighted by atomic mass is 9.85. The van der Waals surface area contributed by atoms with Gasteiger partial charge in [0.05, 0.1) is 6.42 Å². The maximum absolute atomic E-state index is 12.2. The van der Waals surface area contributed by atoms with Gasteiger partial charge in [0.15, 0.2) is 0 Å². The number of hydrogen-bond acceptors (Lipinski definition) is 2. The van der Waals surface area contributed by atoms with Gasteiger partial charge in [0.2, 0.25) is 5.91 Å². The Balaban J connectivity index is 1.94. The molecule has 1 amide bonds. The molecule has 0 bridgehead atoms. The van der Waals surface area contributed by atoms with Crippen molar-refractivity contribution in [2.45, 2.75) is 45.1 Å². The highest BCUT2D eigenvalue weighted by Crippen LogP contribution is 2.27. The van der Waals surface area contributed by atoms with Gasteiger partial charge in [0.25, 0.3) is 0 Å². The molecule has 2 unspecified atom stereocenters. The lowest BCUT2D eigenvalue weighted by Crippen LogP contribution is -2.43. The molecule has 1 heterocycles. The number of carbonyl (C=O) groups is 1. The fourth-order valence-electron chi connectivity index (χ4n) is 2.74. The zero-order valence-corrected chi connectivity index (χ0v) is 11.5. The number of rotatable bonds is 3. The second-order valence-corrected chi connectivity index (χ2v) is 6.12. The molecule has 0 radical (unpaired) electrons. The van der Waals surface area contributed by atoms with Crippen molar-refractivity contribution in [3.05, 3.63) is 22.4 Å². The first-order valence-corrected chi connectivity index (χ1v) is 7.34. The fourth-order valence-corrected chi connectivity index (χ4v) is 3.44. The molecular formula is C14H21NOS. The van der Waals surface area contributed by atoms with Gasteiger partial charge in [-0.05, 0) is 30.2 Å². The summed E-state index contributed by atoms with van der Waals surface area (Å²) in [6.07, 6.45) is 5.60. The molecule has 0 aromatic carbocycles. The normalized spacial score (nSPS) is 24.6. The highest BCUT2D eigenvalue weighted by atomic mass is 32.1. The lowest BCUT2D eigenvalue weighted by Gasteiger charge is -2.36. The van der Waals surface area contributed by atoms with Crippen molar-refractivity contribution in [2.75, 3.05) is 7.05 Å². The van der Waals surface area contributed by atoms with Crippen LogP contribution in [0.5, 0.6) is 0 Å². The van der Waals surface area contributed by atoms with Gasteiger partial charge in [-0.1, -0.05) is 25.8 Å². The zero-order valence-electron chi connectivity index (χ0n) is 10.7. The Kier molecular flexibility index (Phi) is 4.21. The largest absolute Gasteiger partial charge is 0.342 e. The van der Waals surface area contributed by atoms with E-state index >= 15 is 0 Å².